The lowest BCUT2D eigenvalue weighted by Gasteiger charge is -2.05. The highest BCUT2D eigenvalue weighted by molar-refractivity contribution is 7.11. The average molecular weight is 292 g/mol. The van der Waals surface area contributed by atoms with Gasteiger partial charge in [0.05, 0.1) is 17.0 Å². The minimum atomic E-state index is -0.727. The van der Waals surface area contributed by atoms with E-state index in [1.54, 1.807) is 11.3 Å². The highest BCUT2D eigenvalue weighted by Crippen LogP contribution is 2.29. The molecule has 0 saturated carbocycles. The molecular weight excluding hydrogens is 280 g/mol. The van der Waals surface area contributed by atoms with E-state index in [0.29, 0.717) is 6.54 Å². The van der Waals surface area contributed by atoms with Crippen molar-refractivity contribution in [2.45, 2.75) is 13.5 Å². The zero-order chi connectivity index (χ0) is 14.7. The molecule has 0 fully saturated rings. The van der Waals surface area contributed by atoms with Crippen LogP contribution >= 0.6 is 11.3 Å². The zero-order valence-electron chi connectivity index (χ0n) is 10.6. The van der Waals surface area contributed by atoms with Crippen LogP contribution < -0.4 is 5.32 Å². The molecule has 20 heavy (non-hydrogen) atoms. The maximum atomic E-state index is 11.9. The number of amides is 1. The average Bonchev–Trinajstić information content (AvgIpc) is 2.81. The van der Waals surface area contributed by atoms with E-state index in [9.17, 15) is 20.0 Å². The van der Waals surface area contributed by atoms with Gasteiger partial charge in [-0.25, -0.2) is 0 Å². The lowest BCUT2D eigenvalue weighted by Crippen LogP contribution is -2.22. The number of hydrogen-bond acceptors (Lipinski definition) is 5. The molecule has 0 saturated heterocycles. The van der Waals surface area contributed by atoms with E-state index < -0.39 is 22.3 Å². The summed E-state index contributed by atoms with van der Waals surface area (Å²) in [5.74, 6) is -1.16. The molecule has 0 aliphatic carbocycles. The highest BCUT2D eigenvalue weighted by Gasteiger charge is 2.20. The second-order valence-corrected chi connectivity index (χ2v) is 5.50. The summed E-state index contributed by atoms with van der Waals surface area (Å²) in [6.07, 6.45) is 0. The van der Waals surface area contributed by atoms with Crippen LogP contribution in [0.25, 0.3) is 0 Å². The molecular formula is C13H12N2O4S. The van der Waals surface area contributed by atoms with Gasteiger partial charge in [0, 0.05) is 15.8 Å². The van der Waals surface area contributed by atoms with Gasteiger partial charge >= 0.3 is 5.69 Å². The third-order valence-electron chi connectivity index (χ3n) is 2.68. The van der Waals surface area contributed by atoms with Gasteiger partial charge in [-0.3, -0.25) is 14.9 Å². The van der Waals surface area contributed by atoms with Crippen LogP contribution in [0.4, 0.5) is 5.69 Å². The number of rotatable bonds is 4. The van der Waals surface area contributed by atoms with Crippen LogP contribution in [0.15, 0.2) is 30.3 Å². The minimum absolute atomic E-state index is 0.104. The Kier molecular flexibility index (Phi) is 3.99. The summed E-state index contributed by atoms with van der Waals surface area (Å²) < 4.78 is 0. The number of benzene rings is 1. The number of nitrogens with one attached hydrogen (secondary N) is 1. The van der Waals surface area contributed by atoms with E-state index in [1.807, 2.05) is 19.1 Å². The standard InChI is InChI=1S/C13H12N2O4S/c1-8-5-6-9(20-8)7-14-13(17)10-3-2-4-11(12(10)16)15(18)19/h2-6,16H,7H2,1H3,(H,14,17). The largest absolute Gasteiger partial charge is 0.502 e. The number of nitro benzene ring substituents is 1. The SMILES string of the molecule is Cc1ccc(CNC(=O)c2cccc([N+](=O)[O-])c2O)s1. The first-order chi connectivity index (χ1) is 9.49. The first-order valence-electron chi connectivity index (χ1n) is 5.79. The van der Waals surface area contributed by atoms with Crippen LogP contribution in [-0.2, 0) is 6.54 Å². The normalized spacial score (nSPS) is 10.2. The Morgan fingerprint density at radius 2 is 2.15 bits per heavy atom. The fourth-order valence-electron chi connectivity index (χ4n) is 1.70. The lowest BCUT2D eigenvalue weighted by molar-refractivity contribution is -0.385. The van der Waals surface area contributed by atoms with Gasteiger partial charge in [0.1, 0.15) is 0 Å². The van der Waals surface area contributed by atoms with Gasteiger partial charge in [-0.15, -0.1) is 11.3 Å². The second-order valence-electron chi connectivity index (χ2n) is 4.13. The number of phenols is 1. The van der Waals surface area contributed by atoms with Crippen molar-refractivity contribution in [1.82, 2.24) is 5.32 Å². The number of nitro groups is 1. The van der Waals surface area contributed by atoms with Gasteiger partial charge in [0.2, 0.25) is 5.75 Å². The van der Waals surface area contributed by atoms with Gasteiger partial charge in [-0.05, 0) is 25.1 Å². The Balaban J connectivity index is 2.13. The van der Waals surface area contributed by atoms with Gasteiger partial charge in [-0.2, -0.15) is 0 Å². The minimum Gasteiger partial charge on any atom is -0.502 e. The molecule has 2 aromatic rings. The number of nitrogens with zero attached hydrogens (tertiary/aromatic N) is 1. The molecule has 7 heteroatoms. The van der Waals surface area contributed by atoms with Gasteiger partial charge < -0.3 is 10.4 Å². The predicted molar refractivity (Wildman–Crippen MR) is 75.0 cm³/mol. The molecule has 0 spiro atoms. The first-order valence-corrected chi connectivity index (χ1v) is 6.60. The summed E-state index contributed by atoms with van der Waals surface area (Å²) >= 11 is 1.55. The number of para-hydroxylation sites is 1. The Morgan fingerprint density at radius 3 is 2.75 bits per heavy atom. The van der Waals surface area contributed by atoms with Crippen molar-refractivity contribution in [2.75, 3.05) is 0 Å². The summed E-state index contributed by atoms with van der Waals surface area (Å²) in [5.41, 5.74) is -0.586. The van der Waals surface area contributed by atoms with Crippen molar-refractivity contribution in [3.63, 3.8) is 0 Å². The van der Waals surface area contributed by atoms with E-state index >= 15 is 0 Å². The van der Waals surface area contributed by atoms with E-state index in [0.717, 1.165) is 15.8 Å². The van der Waals surface area contributed by atoms with E-state index in [4.69, 9.17) is 0 Å². The summed E-state index contributed by atoms with van der Waals surface area (Å²) in [7, 11) is 0. The zero-order valence-corrected chi connectivity index (χ0v) is 11.4. The summed E-state index contributed by atoms with van der Waals surface area (Å²) in [6.45, 7) is 2.28. The van der Waals surface area contributed by atoms with Crippen LogP contribution in [0, 0.1) is 17.0 Å². The first kappa shape index (κ1) is 14.0. The van der Waals surface area contributed by atoms with E-state index in [1.165, 1.54) is 12.1 Å². The van der Waals surface area contributed by atoms with Crippen LogP contribution in [0.3, 0.4) is 0 Å². The van der Waals surface area contributed by atoms with Crippen molar-refractivity contribution >= 4 is 22.9 Å². The van der Waals surface area contributed by atoms with Gasteiger partial charge in [0.15, 0.2) is 0 Å². The number of carbonyl (C=O) groups is 1. The van der Waals surface area contributed by atoms with Gasteiger partial charge in [-0.1, -0.05) is 6.07 Å². The Morgan fingerprint density at radius 1 is 1.40 bits per heavy atom. The number of hydrogen-bond donors (Lipinski definition) is 2. The Hall–Kier alpha value is -2.41. The Labute approximate surface area is 118 Å². The van der Waals surface area contributed by atoms with E-state index in [-0.39, 0.29) is 5.56 Å². The highest BCUT2D eigenvalue weighted by atomic mass is 32.1. The van der Waals surface area contributed by atoms with Crippen molar-refractivity contribution in [3.05, 3.63) is 55.8 Å². The molecule has 2 N–H and O–H groups in total. The van der Waals surface area contributed by atoms with Crippen LogP contribution in [0.1, 0.15) is 20.1 Å². The molecule has 0 bridgehead atoms. The number of thiophene rings is 1. The molecule has 2 rings (SSSR count). The number of aryl methyl sites for hydroxylation is 1. The molecule has 0 radical (unpaired) electrons. The molecule has 1 amide bonds. The molecule has 0 aliphatic rings. The molecule has 6 nitrogen and oxygen atoms in total. The number of carbonyl (C=O) groups excluding carboxylic acids is 1. The van der Waals surface area contributed by atoms with Crippen molar-refractivity contribution in [2.24, 2.45) is 0 Å². The maximum Gasteiger partial charge on any atom is 0.311 e. The lowest BCUT2D eigenvalue weighted by atomic mass is 10.1. The van der Waals surface area contributed by atoms with E-state index in [2.05, 4.69) is 5.32 Å². The number of aromatic hydroxyl groups is 1. The molecule has 1 heterocycles. The Bertz CT molecular complexity index is 666. The molecule has 0 unspecified atom stereocenters. The van der Waals surface area contributed by atoms with Gasteiger partial charge in [0.25, 0.3) is 5.91 Å². The summed E-state index contributed by atoms with van der Waals surface area (Å²) in [4.78, 5) is 24.0. The van der Waals surface area contributed by atoms with Crippen LogP contribution in [0.2, 0.25) is 0 Å². The fraction of sp³-hybridized carbons (Fsp3) is 0.154. The monoisotopic (exact) mass is 292 g/mol. The predicted octanol–water partition coefficient (Wildman–Crippen LogP) is 2.60. The summed E-state index contributed by atoms with van der Waals surface area (Å²) in [6, 6.07) is 7.69. The third kappa shape index (κ3) is 2.94. The topological polar surface area (TPSA) is 92.5 Å². The number of phenolic OH excluding ortho intramolecular Hbond substituents is 1. The molecule has 0 atom stereocenters. The van der Waals surface area contributed by atoms with Crippen molar-refractivity contribution in [1.29, 1.82) is 0 Å². The molecule has 1 aromatic heterocycles. The maximum absolute atomic E-state index is 11.9. The van der Waals surface area contributed by atoms with Crippen LogP contribution in [0.5, 0.6) is 5.75 Å². The molecule has 0 aliphatic heterocycles. The molecule has 1 aromatic carbocycles. The smallest absolute Gasteiger partial charge is 0.311 e. The van der Waals surface area contributed by atoms with Crippen LogP contribution in [-0.4, -0.2) is 15.9 Å². The summed E-state index contributed by atoms with van der Waals surface area (Å²) in [5, 5.41) is 23.0. The third-order valence-corrected chi connectivity index (χ3v) is 3.68. The fourth-order valence-corrected chi connectivity index (χ4v) is 2.53. The van der Waals surface area contributed by atoms with Crippen molar-refractivity contribution < 1.29 is 14.8 Å². The van der Waals surface area contributed by atoms with Crippen molar-refractivity contribution in [3.8, 4) is 5.75 Å². The second kappa shape index (κ2) is 5.70. The quantitative estimate of drug-likeness (QED) is 0.669. The molecule has 104 valence electrons.